The van der Waals surface area contributed by atoms with Crippen LogP contribution in [-0.2, 0) is 11.3 Å². The molecular formula is C15H18N2O. The average molecular weight is 242 g/mol. The Bertz CT molecular complexity index is 537. The van der Waals surface area contributed by atoms with E-state index >= 15 is 0 Å². The van der Waals surface area contributed by atoms with Crippen molar-refractivity contribution in [2.75, 3.05) is 6.54 Å². The van der Waals surface area contributed by atoms with Crippen LogP contribution in [0, 0.1) is 0 Å². The van der Waals surface area contributed by atoms with Gasteiger partial charge in [0.2, 0.25) is 5.91 Å². The molecule has 0 fully saturated rings. The quantitative estimate of drug-likeness (QED) is 0.763. The van der Waals surface area contributed by atoms with Gasteiger partial charge < -0.3 is 11.1 Å². The standard InChI is InChI=1S/C15H18N2O/c16-15(18)6-3-9-17-11-12-7-8-13-4-1-2-5-14(13)10-12/h1-2,4-5,7-8,10,17H,3,6,9,11H2,(H2,16,18). The van der Waals surface area contributed by atoms with Gasteiger partial charge in [-0.3, -0.25) is 4.79 Å². The molecule has 3 nitrogen and oxygen atoms in total. The Hall–Kier alpha value is -1.87. The summed E-state index contributed by atoms with van der Waals surface area (Å²) in [6, 6.07) is 14.8. The van der Waals surface area contributed by atoms with E-state index in [1.165, 1.54) is 16.3 Å². The Labute approximate surface area is 107 Å². The molecule has 2 aromatic carbocycles. The molecular weight excluding hydrogens is 224 g/mol. The van der Waals surface area contributed by atoms with Gasteiger partial charge in [0.1, 0.15) is 0 Å². The minimum absolute atomic E-state index is 0.234. The lowest BCUT2D eigenvalue weighted by atomic mass is 10.1. The number of primary amides is 1. The molecule has 2 rings (SSSR count). The van der Waals surface area contributed by atoms with Crippen LogP contribution in [0.15, 0.2) is 42.5 Å². The molecule has 0 aliphatic carbocycles. The highest BCUT2D eigenvalue weighted by atomic mass is 16.1. The Morgan fingerprint density at radius 3 is 2.67 bits per heavy atom. The zero-order chi connectivity index (χ0) is 12.8. The lowest BCUT2D eigenvalue weighted by Crippen LogP contribution is -2.18. The maximum absolute atomic E-state index is 10.6. The molecule has 0 atom stereocenters. The summed E-state index contributed by atoms with van der Waals surface area (Å²) in [6.45, 7) is 1.64. The summed E-state index contributed by atoms with van der Waals surface area (Å²) in [6.07, 6.45) is 1.24. The van der Waals surface area contributed by atoms with Crippen LogP contribution in [0.5, 0.6) is 0 Å². The van der Waals surface area contributed by atoms with E-state index in [1.807, 2.05) is 12.1 Å². The molecule has 94 valence electrons. The highest BCUT2D eigenvalue weighted by Gasteiger charge is 1.97. The van der Waals surface area contributed by atoms with Gasteiger partial charge in [-0.05, 0) is 35.4 Å². The number of nitrogens with one attached hydrogen (secondary N) is 1. The second kappa shape index (κ2) is 6.17. The summed E-state index contributed by atoms with van der Waals surface area (Å²) >= 11 is 0. The van der Waals surface area contributed by atoms with Crippen LogP contribution in [0.4, 0.5) is 0 Å². The van der Waals surface area contributed by atoms with Crippen molar-refractivity contribution < 1.29 is 4.79 Å². The van der Waals surface area contributed by atoms with Crippen LogP contribution >= 0.6 is 0 Å². The van der Waals surface area contributed by atoms with Crippen molar-refractivity contribution in [3.8, 4) is 0 Å². The van der Waals surface area contributed by atoms with Crippen molar-refractivity contribution in [3.63, 3.8) is 0 Å². The lowest BCUT2D eigenvalue weighted by Gasteiger charge is -2.05. The van der Waals surface area contributed by atoms with Crippen molar-refractivity contribution in [2.45, 2.75) is 19.4 Å². The highest BCUT2D eigenvalue weighted by molar-refractivity contribution is 5.82. The molecule has 0 aliphatic heterocycles. The lowest BCUT2D eigenvalue weighted by molar-refractivity contribution is -0.118. The predicted octanol–water partition coefficient (Wildman–Crippen LogP) is 2.19. The van der Waals surface area contributed by atoms with Gasteiger partial charge in [-0.2, -0.15) is 0 Å². The third kappa shape index (κ3) is 3.57. The topological polar surface area (TPSA) is 55.1 Å². The van der Waals surface area contributed by atoms with E-state index in [0.29, 0.717) is 6.42 Å². The molecule has 1 amide bonds. The van der Waals surface area contributed by atoms with Gasteiger partial charge >= 0.3 is 0 Å². The fraction of sp³-hybridized carbons (Fsp3) is 0.267. The number of carbonyl (C=O) groups is 1. The third-order valence-electron chi connectivity index (χ3n) is 2.92. The minimum atomic E-state index is -0.234. The Morgan fingerprint density at radius 2 is 1.89 bits per heavy atom. The molecule has 3 N–H and O–H groups in total. The summed E-state index contributed by atoms with van der Waals surface area (Å²) in [5.74, 6) is -0.234. The Kier molecular flexibility index (Phi) is 4.31. The van der Waals surface area contributed by atoms with E-state index in [9.17, 15) is 4.79 Å². The summed E-state index contributed by atoms with van der Waals surface area (Å²) in [5, 5.41) is 5.83. The smallest absolute Gasteiger partial charge is 0.217 e. The maximum atomic E-state index is 10.6. The first kappa shape index (κ1) is 12.6. The van der Waals surface area contributed by atoms with Crippen molar-refractivity contribution >= 4 is 16.7 Å². The molecule has 0 saturated heterocycles. The van der Waals surface area contributed by atoms with E-state index in [4.69, 9.17) is 5.73 Å². The fourth-order valence-electron chi connectivity index (χ4n) is 1.97. The van der Waals surface area contributed by atoms with Gasteiger partial charge in [0.05, 0.1) is 0 Å². The van der Waals surface area contributed by atoms with Crippen LogP contribution in [0.25, 0.3) is 10.8 Å². The molecule has 2 aromatic rings. The van der Waals surface area contributed by atoms with Crippen LogP contribution in [0.2, 0.25) is 0 Å². The van der Waals surface area contributed by atoms with Gasteiger partial charge in [0, 0.05) is 13.0 Å². The molecule has 0 unspecified atom stereocenters. The zero-order valence-electron chi connectivity index (χ0n) is 10.4. The van der Waals surface area contributed by atoms with Gasteiger partial charge in [-0.25, -0.2) is 0 Å². The van der Waals surface area contributed by atoms with Crippen molar-refractivity contribution in [1.29, 1.82) is 0 Å². The first-order valence-electron chi connectivity index (χ1n) is 6.22. The monoisotopic (exact) mass is 242 g/mol. The highest BCUT2D eigenvalue weighted by Crippen LogP contribution is 2.15. The summed E-state index contributed by atoms with van der Waals surface area (Å²) < 4.78 is 0. The van der Waals surface area contributed by atoms with E-state index in [1.54, 1.807) is 0 Å². The maximum Gasteiger partial charge on any atom is 0.217 e. The second-order valence-corrected chi connectivity index (χ2v) is 4.43. The predicted molar refractivity (Wildman–Crippen MR) is 74.1 cm³/mol. The number of carbonyl (C=O) groups excluding carboxylic acids is 1. The average Bonchev–Trinajstić information content (AvgIpc) is 2.38. The van der Waals surface area contributed by atoms with E-state index in [0.717, 1.165) is 19.5 Å². The number of amides is 1. The number of fused-ring (bicyclic) bond motifs is 1. The molecule has 0 heterocycles. The van der Waals surface area contributed by atoms with E-state index in [-0.39, 0.29) is 5.91 Å². The van der Waals surface area contributed by atoms with Crippen LogP contribution < -0.4 is 11.1 Å². The molecule has 0 saturated carbocycles. The van der Waals surface area contributed by atoms with Gasteiger partial charge in [0.25, 0.3) is 0 Å². The normalized spacial score (nSPS) is 10.7. The fourth-order valence-corrected chi connectivity index (χ4v) is 1.97. The summed E-state index contributed by atoms with van der Waals surface area (Å²) in [4.78, 5) is 10.6. The van der Waals surface area contributed by atoms with Crippen molar-refractivity contribution in [2.24, 2.45) is 5.73 Å². The van der Waals surface area contributed by atoms with Gasteiger partial charge in [-0.15, -0.1) is 0 Å². The van der Waals surface area contributed by atoms with Gasteiger partial charge in [-0.1, -0.05) is 36.4 Å². The SMILES string of the molecule is NC(=O)CCCNCc1ccc2ccccc2c1. The number of hydrogen-bond acceptors (Lipinski definition) is 2. The number of hydrogen-bond donors (Lipinski definition) is 2. The number of nitrogens with two attached hydrogens (primary N) is 1. The number of benzene rings is 2. The Morgan fingerprint density at radius 1 is 1.11 bits per heavy atom. The summed E-state index contributed by atoms with van der Waals surface area (Å²) in [5.41, 5.74) is 6.34. The van der Waals surface area contributed by atoms with Crippen LogP contribution in [-0.4, -0.2) is 12.5 Å². The van der Waals surface area contributed by atoms with Gasteiger partial charge in [0.15, 0.2) is 0 Å². The molecule has 0 bridgehead atoms. The van der Waals surface area contributed by atoms with Crippen LogP contribution in [0.3, 0.4) is 0 Å². The molecule has 0 radical (unpaired) electrons. The van der Waals surface area contributed by atoms with Crippen LogP contribution in [0.1, 0.15) is 18.4 Å². The largest absolute Gasteiger partial charge is 0.370 e. The van der Waals surface area contributed by atoms with E-state index in [2.05, 4.69) is 35.6 Å². The molecule has 18 heavy (non-hydrogen) atoms. The van der Waals surface area contributed by atoms with E-state index < -0.39 is 0 Å². The minimum Gasteiger partial charge on any atom is -0.370 e. The Balaban J connectivity index is 1.86. The van der Waals surface area contributed by atoms with Crippen molar-refractivity contribution in [3.05, 3.63) is 48.0 Å². The number of rotatable bonds is 6. The summed E-state index contributed by atoms with van der Waals surface area (Å²) in [7, 11) is 0. The third-order valence-corrected chi connectivity index (χ3v) is 2.92. The first-order chi connectivity index (χ1) is 8.75. The molecule has 0 aliphatic rings. The molecule has 0 aromatic heterocycles. The first-order valence-corrected chi connectivity index (χ1v) is 6.22. The molecule has 3 heteroatoms. The zero-order valence-corrected chi connectivity index (χ0v) is 10.4. The van der Waals surface area contributed by atoms with Crippen molar-refractivity contribution in [1.82, 2.24) is 5.32 Å². The molecule has 0 spiro atoms. The second-order valence-electron chi connectivity index (χ2n) is 4.43.